The van der Waals surface area contributed by atoms with Crippen LogP contribution in [0.1, 0.15) is 40.4 Å². The van der Waals surface area contributed by atoms with Crippen LogP contribution in [0.25, 0.3) is 10.4 Å². The number of rotatable bonds is 3. The molecule has 1 fully saturated rings. The molecule has 0 spiro atoms. The van der Waals surface area contributed by atoms with Gasteiger partial charge in [0.15, 0.2) is 0 Å². The Morgan fingerprint density at radius 1 is 1.50 bits per heavy atom. The maximum absolute atomic E-state index is 11.9. The number of carbonyl (C=O) groups excluding carboxylic acids is 1. The van der Waals surface area contributed by atoms with Gasteiger partial charge in [-0.15, -0.1) is 0 Å². The standard InChI is InChI=1S/C16H17N3O3/c1-17-10-15-14(16(20)21-2)8-13-7-12(9-18-19(13)15)11-3-5-22-6-4-11/h7-9,11H,3-6,10H2,2H3. The van der Waals surface area contributed by atoms with E-state index in [-0.39, 0.29) is 6.54 Å². The Kier molecular flexibility index (Phi) is 4.07. The number of nitrogens with zero attached hydrogens (tertiary/aromatic N) is 3. The lowest BCUT2D eigenvalue weighted by atomic mass is 9.93. The first-order valence-electron chi connectivity index (χ1n) is 7.24. The Labute approximate surface area is 128 Å². The molecule has 2 aromatic rings. The third-order valence-electron chi connectivity index (χ3n) is 4.07. The van der Waals surface area contributed by atoms with Crippen molar-refractivity contribution in [2.24, 2.45) is 0 Å². The van der Waals surface area contributed by atoms with E-state index in [1.54, 1.807) is 10.6 Å². The molecule has 22 heavy (non-hydrogen) atoms. The van der Waals surface area contributed by atoms with Crippen molar-refractivity contribution in [2.45, 2.75) is 25.3 Å². The molecular formula is C16H17N3O3. The zero-order chi connectivity index (χ0) is 15.5. The minimum atomic E-state index is -0.434. The topological polar surface area (TPSA) is 57.2 Å². The molecule has 0 radical (unpaired) electrons. The molecule has 0 atom stereocenters. The monoisotopic (exact) mass is 299 g/mol. The summed E-state index contributed by atoms with van der Waals surface area (Å²) in [7, 11) is 1.34. The van der Waals surface area contributed by atoms with Crippen molar-refractivity contribution < 1.29 is 14.3 Å². The van der Waals surface area contributed by atoms with E-state index in [0.717, 1.165) is 37.1 Å². The lowest BCUT2D eigenvalue weighted by Gasteiger charge is -2.22. The SMILES string of the molecule is [C-]#[N+]Cc1c(C(=O)OC)cc2cc(C3CCOCC3)cnn12. The van der Waals surface area contributed by atoms with E-state index in [2.05, 4.69) is 9.94 Å². The van der Waals surface area contributed by atoms with Crippen molar-refractivity contribution in [3.63, 3.8) is 0 Å². The summed E-state index contributed by atoms with van der Waals surface area (Å²) < 4.78 is 11.8. The average molecular weight is 299 g/mol. The second-order valence-electron chi connectivity index (χ2n) is 5.32. The molecule has 0 amide bonds. The van der Waals surface area contributed by atoms with Gasteiger partial charge in [-0.05, 0) is 36.5 Å². The highest BCUT2D eigenvalue weighted by Crippen LogP contribution is 2.28. The zero-order valence-electron chi connectivity index (χ0n) is 12.4. The maximum Gasteiger partial charge on any atom is 0.340 e. The molecule has 3 heterocycles. The molecule has 0 aliphatic carbocycles. The van der Waals surface area contributed by atoms with Crippen LogP contribution in [0.2, 0.25) is 0 Å². The molecule has 0 saturated carbocycles. The van der Waals surface area contributed by atoms with Crippen LogP contribution in [0.15, 0.2) is 18.3 Å². The number of fused-ring (bicyclic) bond motifs is 1. The molecule has 6 nitrogen and oxygen atoms in total. The fourth-order valence-electron chi connectivity index (χ4n) is 2.90. The number of aromatic nitrogens is 2. The van der Waals surface area contributed by atoms with Gasteiger partial charge in [0.05, 0.1) is 24.4 Å². The van der Waals surface area contributed by atoms with Crippen LogP contribution >= 0.6 is 0 Å². The molecule has 2 aromatic heterocycles. The van der Waals surface area contributed by atoms with E-state index in [9.17, 15) is 4.79 Å². The summed E-state index contributed by atoms with van der Waals surface area (Å²) in [4.78, 5) is 15.3. The van der Waals surface area contributed by atoms with E-state index in [1.165, 1.54) is 7.11 Å². The minimum absolute atomic E-state index is 0.0994. The highest BCUT2D eigenvalue weighted by Gasteiger charge is 2.22. The number of hydrogen-bond donors (Lipinski definition) is 0. The van der Waals surface area contributed by atoms with Gasteiger partial charge in [0.2, 0.25) is 0 Å². The van der Waals surface area contributed by atoms with Gasteiger partial charge in [0.1, 0.15) is 5.69 Å². The molecule has 0 N–H and O–H groups in total. The van der Waals surface area contributed by atoms with E-state index in [1.807, 2.05) is 12.3 Å². The van der Waals surface area contributed by atoms with Crippen LogP contribution in [0.5, 0.6) is 0 Å². The summed E-state index contributed by atoms with van der Waals surface area (Å²) in [6, 6.07) is 3.80. The highest BCUT2D eigenvalue weighted by molar-refractivity contribution is 5.92. The van der Waals surface area contributed by atoms with Crippen molar-refractivity contribution >= 4 is 11.5 Å². The molecule has 0 aromatic carbocycles. The van der Waals surface area contributed by atoms with Gasteiger partial charge in [-0.1, -0.05) is 0 Å². The zero-order valence-corrected chi connectivity index (χ0v) is 12.4. The Morgan fingerprint density at radius 3 is 2.95 bits per heavy atom. The molecule has 1 aliphatic rings. The lowest BCUT2D eigenvalue weighted by molar-refractivity contribution is 0.0599. The Hall–Kier alpha value is -2.39. The van der Waals surface area contributed by atoms with E-state index < -0.39 is 5.97 Å². The predicted octanol–water partition coefficient (Wildman–Crippen LogP) is 2.43. The summed E-state index contributed by atoms with van der Waals surface area (Å²) in [5.41, 5.74) is 2.97. The largest absolute Gasteiger partial charge is 0.465 e. The van der Waals surface area contributed by atoms with Crippen LogP contribution in [-0.4, -0.2) is 35.9 Å². The van der Waals surface area contributed by atoms with E-state index in [0.29, 0.717) is 17.2 Å². The van der Waals surface area contributed by atoms with Crippen molar-refractivity contribution in [1.29, 1.82) is 0 Å². The van der Waals surface area contributed by atoms with Crippen LogP contribution in [0, 0.1) is 6.57 Å². The minimum Gasteiger partial charge on any atom is -0.465 e. The molecule has 1 saturated heterocycles. The maximum atomic E-state index is 11.9. The molecule has 0 unspecified atom stereocenters. The number of ether oxygens (including phenoxy) is 2. The van der Waals surface area contributed by atoms with Gasteiger partial charge in [-0.2, -0.15) is 5.10 Å². The normalized spacial score (nSPS) is 15.6. The van der Waals surface area contributed by atoms with E-state index >= 15 is 0 Å². The van der Waals surface area contributed by atoms with Gasteiger partial charge in [-0.3, -0.25) is 0 Å². The third-order valence-corrected chi connectivity index (χ3v) is 4.07. The van der Waals surface area contributed by atoms with Crippen molar-refractivity contribution in [1.82, 2.24) is 9.61 Å². The van der Waals surface area contributed by atoms with Crippen LogP contribution < -0.4 is 0 Å². The van der Waals surface area contributed by atoms with Crippen molar-refractivity contribution in [3.8, 4) is 0 Å². The van der Waals surface area contributed by atoms with Gasteiger partial charge >= 0.3 is 5.97 Å². The summed E-state index contributed by atoms with van der Waals surface area (Å²) >= 11 is 0. The number of hydrogen-bond acceptors (Lipinski definition) is 4. The number of methoxy groups -OCH3 is 1. The van der Waals surface area contributed by atoms with Gasteiger partial charge in [0, 0.05) is 13.2 Å². The molecule has 114 valence electrons. The summed E-state index contributed by atoms with van der Waals surface area (Å²) in [6.45, 7) is 8.71. The predicted molar refractivity (Wildman–Crippen MR) is 79.6 cm³/mol. The van der Waals surface area contributed by atoms with Crippen LogP contribution in [0.4, 0.5) is 0 Å². The second-order valence-corrected chi connectivity index (χ2v) is 5.32. The Bertz CT molecular complexity index is 739. The van der Waals surface area contributed by atoms with Crippen molar-refractivity contribution in [3.05, 3.63) is 46.6 Å². The summed E-state index contributed by atoms with van der Waals surface area (Å²) in [5, 5.41) is 4.44. The van der Waals surface area contributed by atoms with E-state index in [4.69, 9.17) is 16.0 Å². The lowest BCUT2D eigenvalue weighted by Crippen LogP contribution is -2.14. The number of esters is 1. The molecule has 1 aliphatic heterocycles. The first kappa shape index (κ1) is 14.5. The summed E-state index contributed by atoms with van der Waals surface area (Å²) in [5.74, 6) is 0.00352. The quantitative estimate of drug-likeness (QED) is 0.645. The molecule has 6 heteroatoms. The highest BCUT2D eigenvalue weighted by atomic mass is 16.5. The smallest absolute Gasteiger partial charge is 0.340 e. The van der Waals surface area contributed by atoms with Gasteiger partial charge < -0.3 is 14.3 Å². The third kappa shape index (κ3) is 2.55. The van der Waals surface area contributed by atoms with Gasteiger partial charge in [-0.25, -0.2) is 15.9 Å². The van der Waals surface area contributed by atoms with Crippen molar-refractivity contribution in [2.75, 3.05) is 20.3 Å². The fourth-order valence-corrected chi connectivity index (χ4v) is 2.90. The second kappa shape index (κ2) is 6.16. The molecule has 3 rings (SSSR count). The first-order chi connectivity index (χ1) is 10.7. The van der Waals surface area contributed by atoms with Gasteiger partial charge in [0.25, 0.3) is 6.54 Å². The Balaban J connectivity index is 2.05. The first-order valence-corrected chi connectivity index (χ1v) is 7.24. The average Bonchev–Trinajstić information content (AvgIpc) is 2.93. The summed E-state index contributed by atoms with van der Waals surface area (Å²) in [6.07, 6.45) is 3.80. The molecular weight excluding hydrogens is 282 g/mol. The molecule has 0 bridgehead atoms. The van der Waals surface area contributed by atoms with Crippen LogP contribution in [0.3, 0.4) is 0 Å². The van der Waals surface area contributed by atoms with Crippen LogP contribution in [-0.2, 0) is 16.0 Å². The Morgan fingerprint density at radius 2 is 2.27 bits per heavy atom. The fraction of sp³-hybridized carbons (Fsp3) is 0.438. The number of carbonyl (C=O) groups is 1.